The van der Waals surface area contributed by atoms with Crippen molar-refractivity contribution in [3.05, 3.63) is 51.6 Å². The van der Waals surface area contributed by atoms with Crippen LogP contribution in [0.15, 0.2) is 42.5 Å². The van der Waals surface area contributed by atoms with Crippen LogP contribution in [0.25, 0.3) is 0 Å². The molecule has 2 aromatic rings. The molecule has 0 heterocycles. The Labute approximate surface area is 125 Å². The van der Waals surface area contributed by atoms with Crippen molar-refractivity contribution >= 4 is 45.6 Å². The van der Waals surface area contributed by atoms with Crippen LogP contribution in [0.5, 0.6) is 0 Å². The maximum absolute atomic E-state index is 11.6. The predicted octanol–water partition coefficient (Wildman–Crippen LogP) is 3.40. The lowest BCUT2D eigenvalue weighted by Gasteiger charge is -2.09. The summed E-state index contributed by atoms with van der Waals surface area (Å²) in [6.07, 6.45) is 0. The standard InChI is InChI=1S/C14H13IN2O2/c1-19-14(18)12-8-11(6-7-13(12)16)17-10-4-2-9(15)3-5-10/h2-8,17H,16H2,1H3. The van der Waals surface area contributed by atoms with Gasteiger partial charge in [0.15, 0.2) is 0 Å². The van der Waals surface area contributed by atoms with Gasteiger partial charge in [-0.1, -0.05) is 0 Å². The molecule has 0 aromatic heterocycles. The lowest BCUT2D eigenvalue weighted by atomic mass is 10.1. The van der Waals surface area contributed by atoms with Gasteiger partial charge in [-0.15, -0.1) is 0 Å². The van der Waals surface area contributed by atoms with Crippen LogP contribution in [0.3, 0.4) is 0 Å². The van der Waals surface area contributed by atoms with E-state index in [4.69, 9.17) is 10.5 Å². The number of rotatable bonds is 3. The molecule has 0 bridgehead atoms. The van der Waals surface area contributed by atoms with Gasteiger partial charge in [-0.3, -0.25) is 0 Å². The van der Waals surface area contributed by atoms with Crippen molar-refractivity contribution < 1.29 is 9.53 Å². The van der Waals surface area contributed by atoms with Crippen LogP contribution in [0.2, 0.25) is 0 Å². The molecule has 0 unspecified atom stereocenters. The van der Waals surface area contributed by atoms with E-state index in [1.807, 2.05) is 30.3 Å². The Bertz CT molecular complexity index is 597. The molecule has 0 aliphatic rings. The van der Waals surface area contributed by atoms with E-state index in [9.17, 15) is 4.79 Å². The average molecular weight is 368 g/mol. The SMILES string of the molecule is COC(=O)c1cc(Nc2ccc(I)cc2)ccc1N. The van der Waals surface area contributed by atoms with Crippen molar-refractivity contribution in [3.8, 4) is 0 Å². The summed E-state index contributed by atoms with van der Waals surface area (Å²) in [6, 6.07) is 13.1. The van der Waals surface area contributed by atoms with Crippen LogP contribution in [-0.4, -0.2) is 13.1 Å². The number of nitrogens with one attached hydrogen (secondary N) is 1. The Morgan fingerprint density at radius 1 is 1.16 bits per heavy atom. The minimum absolute atomic E-state index is 0.359. The molecule has 5 heteroatoms. The summed E-state index contributed by atoms with van der Waals surface area (Å²) in [5.74, 6) is -0.441. The largest absolute Gasteiger partial charge is 0.465 e. The molecule has 4 nitrogen and oxygen atoms in total. The van der Waals surface area contributed by atoms with Gasteiger partial charge in [-0.2, -0.15) is 0 Å². The molecule has 0 saturated heterocycles. The summed E-state index contributed by atoms with van der Waals surface area (Å²) in [6.45, 7) is 0. The van der Waals surface area contributed by atoms with Crippen molar-refractivity contribution in [1.29, 1.82) is 0 Å². The van der Waals surface area contributed by atoms with E-state index in [2.05, 4.69) is 27.9 Å². The van der Waals surface area contributed by atoms with Gasteiger partial charge < -0.3 is 15.8 Å². The van der Waals surface area contributed by atoms with Gasteiger partial charge >= 0.3 is 5.97 Å². The first-order valence-electron chi connectivity index (χ1n) is 5.60. The number of benzene rings is 2. The summed E-state index contributed by atoms with van der Waals surface area (Å²) < 4.78 is 5.85. The van der Waals surface area contributed by atoms with E-state index in [0.717, 1.165) is 14.9 Å². The summed E-state index contributed by atoms with van der Waals surface area (Å²) in [5.41, 5.74) is 8.24. The number of carbonyl (C=O) groups is 1. The molecule has 0 amide bonds. The summed E-state index contributed by atoms with van der Waals surface area (Å²) in [4.78, 5) is 11.6. The summed E-state index contributed by atoms with van der Waals surface area (Å²) >= 11 is 2.25. The number of hydrogen-bond donors (Lipinski definition) is 2. The monoisotopic (exact) mass is 368 g/mol. The van der Waals surface area contributed by atoms with Gasteiger partial charge in [0.05, 0.1) is 12.7 Å². The van der Waals surface area contributed by atoms with Crippen molar-refractivity contribution in [2.45, 2.75) is 0 Å². The van der Waals surface area contributed by atoms with Crippen molar-refractivity contribution in [1.82, 2.24) is 0 Å². The second-order valence-corrected chi connectivity index (χ2v) is 5.17. The van der Waals surface area contributed by atoms with Gasteiger partial charge in [0.1, 0.15) is 0 Å². The molecule has 0 radical (unpaired) electrons. The molecule has 0 spiro atoms. The maximum Gasteiger partial charge on any atom is 0.340 e. The van der Waals surface area contributed by atoms with Crippen LogP contribution in [0, 0.1) is 3.57 Å². The Kier molecular flexibility index (Phi) is 4.26. The molecule has 3 N–H and O–H groups in total. The van der Waals surface area contributed by atoms with Crippen LogP contribution in [0.4, 0.5) is 17.1 Å². The molecule has 0 aliphatic heterocycles. The third-order valence-electron chi connectivity index (χ3n) is 2.59. The first-order chi connectivity index (χ1) is 9.10. The molecular formula is C14H13IN2O2. The minimum atomic E-state index is -0.441. The van der Waals surface area contributed by atoms with Gasteiger partial charge in [0, 0.05) is 20.6 Å². The van der Waals surface area contributed by atoms with Gasteiger partial charge in [0.2, 0.25) is 0 Å². The number of ether oxygens (including phenoxy) is 1. The molecule has 0 aliphatic carbocycles. The third kappa shape index (κ3) is 3.37. The van der Waals surface area contributed by atoms with Crippen LogP contribution in [-0.2, 0) is 4.74 Å². The molecule has 0 atom stereocenters. The van der Waals surface area contributed by atoms with E-state index >= 15 is 0 Å². The second kappa shape index (κ2) is 5.92. The van der Waals surface area contributed by atoms with Crippen LogP contribution >= 0.6 is 22.6 Å². The highest BCUT2D eigenvalue weighted by Crippen LogP contribution is 2.22. The molecule has 2 rings (SSSR count). The Balaban J connectivity index is 2.26. The highest BCUT2D eigenvalue weighted by atomic mass is 127. The number of esters is 1. The molecule has 0 saturated carbocycles. The van der Waals surface area contributed by atoms with Crippen LogP contribution < -0.4 is 11.1 Å². The van der Waals surface area contributed by atoms with Gasteiger partial charge in [0.25, 0.3) is 0 Å². The predicted molar refractivity (Wildman–Crippen MR) is 84.6 cm³/mol. The minimum Gasteiger partial charge on any atom is -0.465 e. The fourth-order valence-corrected chi connectivity index (χ4v) is 1.98. The number of anilines is 3. The van der Waals surface area contributed by atoms with Gasteiger partial charge in [-0.05, 0) is 65.1 Å². The smallest absolute Gasteiger partial charge is 0.340 e. The molecular weight excluding hydrogens is 355 g/mol. The first kappa shape index (κ1) is 13.7. The summed E-state index contributed by atoms with van der Waals surface area (Å²) in [7, 11) is 1.33. The van der Waals surface area contributed by atoms with Crippen molar-refractivity contribution in [3.63, 3.8) is 0 Å². The van der Waals surface area contributed by atoms with Crippen molar-refractivity contribution in [2.24, 2.45) is 0 Å². The van der Waals surface area contributed by atoms with E-state index in [-0.39, 0.29) is 0 Å². The molecule has 0 fully saturated rings. The molecule has 98 valence electrons. The lowest BCUT2D eigenvalue weighted by Crippen LogP contribution is -2.06. The quantitative estimate of drug-likeness (QED) is 0.495. The highest BCUT2D eigenvalue weighted by Gasteiger charge is 2.10. The topological polar surface area (TPSA) is 64.3 Å². The fourth-order valence-electron chi connectivity index (χ4n) is 1.62. The number of hydrogen-bond acceptors (Lipinski definition) is 4. The third-order valence-corrected chi connectivity index (χ3v) is 3.31. The molecule has 2 aromatic carbocycles. The van der Waals surface area contributed by atoms with E-state index in [1.165, 1.54) is 7.11 Å². The average Bonchev–Trinajstić information content (AvgIpc) is 2.42. The maximum atomic E-state index is 11.6. The Morgan fingerprint density at radius 3 is 2.42 bits per heavy atom. The Hall–Kier alpha value is -1.76. The number of halogens is 1. The summed E-state index contributed by atoms with van der Waals surface area (Å²) in [5, 5.41) is 3.21. The lowest BCUT2D eigenvalue weighted by molar-refractivity contribution is 0.0602. The first-order valence-corrected chi connectivity index (χ1v) is 6.68. The zero-order chi connectivity index (χ0) is 13.8. The number of methoxy groups -OCH3 is 1. The Morgan fingerprint density at radius 2 is 1.79 bits per heavy atom. The van der Waals surface area contributed by atoms with E-state index in [1.54, 1.807) is 12.1 Å². The zero-order valence-corrected chi connectivity index (χ0v) is 12.5. The van der Waals surface area contributed by atoms with E-state index < -0.39 is 5.97 Å². The molecule has 19 heavy (non-hydrogen) atoms. The highest BCUT2D eigenvalue weighted by molar-refractivity contribution is 14.1. The number of nitrogen functional groups attached to an aromatic ring is 1. The normalized spacial score (nSPS) is 10.0. The zero-order valence-electron chi connectivity index (χ0n) is 10.3. The van der Waals surface area contributed by atoms with Crippen LogP contribution in [0.1, 0.15) is 10.4 Å². The second-order valence-electron chi connectivity index (χ2n) is 3.93. The fraction of sp³-hybridized carbons (Fsp3) is 0.0714. The number of nitrogens with two attached hydrogens (primary N) is 1. The van der Waals surface area contributed by atoms with Crippen molar-refractivity contribution in [2.75, 3.05) is 18.2 Å². The van der Waals surface area contributed by atoms with E-state index in [0.29, 0.717) is 11.3 Å². The number of carbonyl (C=O) groups excluding carboxylic acids is 1. The van der Waals surface area contributed by atoms with Gasteiger partial charge in [-0.25, -0.2) is 4.79 Å².